The number of ether oxygens (including phenoxy) is 2. The predicted molar refractivity (Wildman–Crippen MR) is 131 cm³/mol. The van der Waals surface area contributed by atoms with Gasteiger partial charge in [-0.3, -0.25) is 4.79 Å². The summed E-state index contributed by atoms with van der Waals surface area (Å²) < 4.78 is 10.8. The zero-order chi connectivity index (χ0) is 20.8. The van der Waals surface area contributed by atoms with Crippen molar-refractivity contribution in [3.63, 3.8) is 0 Å². The lowest BCUT2D eigenvalue weighted by Crippen LogP contribution is -2.41. The van der Waals surface area contributed by atoms with Gasteiger partial charge in [-0.15, -0.1) is 24.0 Å². The maximum atomic E-state index is 12.7. The van der Waals surface area contributed by atoms with E-state index in [1.807, 2.05) is 36.1 Å². The van der Waals surface area contributed by atoms with Crippen LogP contribution in [-0.4, -0.2) is 49.7 Å². The van der Waals surface area contributed by atoms with Gasteiger partial charge in [-0.1, -0.05) is 30.3 Å². The van der Waals surface area contributed by atoms with Crippen LogP contribution in [0.1, 0.15) is 23.6 Å². The molecule has 2 N–H and O–H groups in total. The highest BCUT2D eigenvalue weighted by Crippen LogP contribution is 2.32. The van der Waals surface area contributed by atoms with Gasteiger partial charge >= 0.3 is 0 Å². The molecule has 0 aromatic heterocycles. The number of fused-ring (bicyclic) bond motifs is 2. The lowest BCUT2D eigenvalue weighted by molar-refractivity contribution is -0.130. The number of carbonyl (C=O) groups is 1. The van der Waals surface area contributed by atoms with Crippen LogP contribution in [0.25, 0.3) is 0 Å². The minimum atomic E-state index is 0. The molecule has 4 rings (SSSR count). The molecule has 2 aliphatic rings. The first-order chi connectivity index (χ1) is 14.7. The van der Waals surface area contributed by atoms with Crippen molar-refractivity contribution in [2.45, 2.75) is 26.3 Å². The average molecular weight is 536 g/mol. The van der Waals surface area contributed by atoms with Gasteiger partial charge in [0, 0.05) is 26.2 Å². The second kappa shape index (κ2) is 11.2. The molecule has 7 nitrogen and oxygen atoms in total. The molecule has 2 heterocycles. The van der Waals surface area contributed by atoms with Crippen molar-refractivity contribution < 1.29 is 14.3 Å². The molecule has 0 bridgehead atoms. The van der Waals surface area contributed by atoms with Gasteiger partial charge in [0.05, 0.1) is 0 Å². The molecule has 0 unspecified atom stereocenters. The highest BCUT2D eigenvalue weighted by atomic mass is 127. The molecule has 0 saturated carbocycles. The minimum Gasteiger partial charge on any atom is -0.454 e. The van der Waals surface area contributed by atoms with E-state index in [2.05, 4.69) is 33.8 Å². The molecule has 2 aromatic rings. The third-order valence-electron chi connectivity index (χ3n) is 5.34. The highest BCUT2D eigenvalue weighted by Gasteiger charge is 2.20. The molecule has 1 amide bonds. The van der Waals surface area contributed by atoms with E-state index in [1.165, 1.54) is 11.1 Å². The summed E-state index contributed by atoms with van der Waals surface area (Å²) in [7, 11) is 0. The Bertz CT molecular complexity index is 935. The van der Waals surface area contributed by atoms with E-state index in [0.29, 0.717) is 19.0 Å². The molecular weight excluding hydrogens is 507 g/mol. The Kier molecular flexibility index (Phi) is 8.39. The summed E-state index contributed by atoms with van der Waals surface area (Å²) in [6, 6.07) is 14.3. The number of nitrogens with zero attached hydrogens (tertiary/aromatic N) is 2. The number of aliphatic imine (C=N–C) groups is 1. The fraction of sp³-hybridized carbons (Fsp3) is 0.391. The minimum absolute atomic E-state index is 0. The predicted octanol–water partition coefficient (Wildman–Crippen LogP) is 2.72. The number of hydrogen-bond donors (Lipinski definition) is 2. The first-order valence-electron chi connectivity index (χ1n) is 10.5. The zero-order valence-corrected chi connectivity index (χ0v) is 20.1. The van der Waals surface area contributed by atoms with Gasteiger partial charge in [-0.25, -0.2) is 4.99 Å². The number of hydrogen-bond acceptors (Lipinski definition) is 4. The first-order valence-corrected chi connectivity index (χ1v) is 10.5. The van der Waals surface area contributed by atoms with Gasteiger partial charge < -0.3 is 25.0 Å². The van der Waals surface area contributed by atoms with E-state index in [1.54, 1.807) is 0 Å². The second-order valence-corrected chi connectivity index (χ2v) is 7.39. The van der Waals surface area contributed by atoms with Crippen LogP contribution >= 0.6 is 24.0 Å². The van der Waals surface area contributed by atoms with Crippen LogP contribution in [0.15, 0.2) is 47.5 Å². The molecule has 2 aliphatic heterocycles. The van der Waals surface area contributed by atoms with E-state index in [4.69, 9.17) is 9.47 Å². The molecule has 0 aliphatic carbocycles. The molecule has 0 fully saturated rings. The van der Waals surface area contributed by atoms with Crippen LogP contribution in [0.4, 0.5) is 0 Å². The van der Waals surface area contributed by atoms with Crippen molar-refractivity contribution in [3.05, 3.63) is 59.2 Å². The SMILES string of the molecule is CCNC(=NCC(=O)N1CCc2ccccc2C1)NCCc1ccc2c(c1)OCO2.I. The number of guanidine groups is 1. The van der Waals surface area contributed by atoms with Crippen LogP contribution < -0.4 is 20.1 Å². The summed E-state index contributed by atoms with van der Waals surface area (Å²) in [6.45, 7) is 5.29. The van der Waals surface area contributed by atoms with Gasteiger partial charge in [-0.05, 0) is 48.6 Å². The lowest BCUT2D eigenvalue weighted by Gasteiger charge is -2.28. The van der Waals surface area contributed by atoms with E-state index < -0.39 is 0 Å². The molecule has 31 heavy (non-hydrogen) atoms. The number of halogens is 1. The van der Waals surface area contributed by atoms with Crippen LogP contribution in [0.2, 0.25) is 0 Å². The molecule has 166 valence electrons. The van der Waals surface area contributed by atoms with Crippen LogP contribution in [-0.2, 0) is 24.2 Å². The molecule has 0 saturated heterocycles. The summed E-state index contributed by atoms with van der Waals surface area (Å²) in [4.78, 5) is 19.0. The van der Waals surface area contributed by atoms with Crippen molar-refractivity contribution in [2.24, 2.45) is 4.99 Å². The summed E-state index contributed by atoms with van der Waals surface area (Å²) in [5.74, 6) is 2.30. The topological polar surface area (TPSA) is 75.2 Å². The van der Waals surface area contributed by atoms with Crippen LogP contribution in [0, 0.1) is 0 Å². The van der Waals surface area contributed by atoms with E-state index in [9.17, 15) is 4.79 Å². The molecule has 0 radical (unpaired) electrons. The van der Waals surface area contributed by atoms with E-state index in [-0.39, 0.29) is 43.2 Å². The summed E-state index contributed by atoms with van der Waals surface area (Å²) in [5, 5.41) is 6.51. The first kappa shape index (κ1) is 23.2. The summed E-state index contributed by atoms with van der Waals surface area (Å²) in [5.41, 5.74) is 3.73. The monoisotopic (exact) mass is 536 g/mol. The Hall–Kier alpha value is -2.49. The highest BCUT2D eigenvalue weighted by molar-refractivity contribution is 14.0. The van der Waals surface area contributed by atoms with Crippen molar-refractivity contribution in [1.29, 1.82) is 0 Å². The number of benzene rings is 2. The van der Waals surface area contributed by atoms with Gasteiger partial charge in [-0.2, -0.15) is 0 Å². The third-order valence-corrected chi connectivity index (χ3v) is 5.34. The summed E-state index contributed by atoms with van der Waals surface area (Å²) >= 11 is 0. The quantitative estimate of drug-likeness (QED) is 0.338. The van der Waals surface area contributed by atoms with E-state index in [0.717, 1.165) is 43.0 Å². The van der Waals surface area contributed by atoms with Crippen LogP contribution in [0.5, 0.6) is 11.5 Å². The second-order valence-electron chi connectivity index (χ2n) is 7.39. The van der Waals surface area contributed by atoms with Crippen LogP contribution in [0.3, 0.4) is 0 Å². The normalized spacial score (nSPS) is 14.5. The Morgan fingerprint density at radius 3 is 2.74 bits per heavy atom. The Morgan fingerprint density at radius 1 is 1.10 bits per heavy atom. The number of carbonyl (C=O) groups excluding carboxylic acids is 1. The molecule has 2 aromatic carbocycles. The van der Waals surface area contributed by atoms with Crippen molar-refractivity contribution in [2.75, 3.05) is 33.0 Å². The van der Waals surface area contributed by atoms with Gasteiger partial charge in [0.25, 0.3) is 0 Å². The fourth-order valence-electron chi connectivity index (χ4n) is 3.72. The largest absolute Gasteiger partial charge is 0.454 e. The molecular formula is C23H29IN4O3. The van der Waals surface area contributed by atoms with Crippen molar-refractivity contribution >= 4 is 35.8 Å². The number of rotatable bonds is 6. The van der Waals surface area contributed by atoms with Gasteiger partial charge in [0.2, 0.25) is 12.7 Å². The number of amides is 1. The number of nitrogens with one attached hydrogen (secondary N) is 2. The Morgan fingerprint density at radius 2 is 1.90 bits per heavy atom. The van der Waals surface area contributed by atoms with Gasteiger partial charge in [0.1, 0.15) is 6.54 Å². The fourth-order valence-corrected chi connectivity index (χ4v) is 3.72. The molecule has 8 heteroatoms. The van der Waals surface area contributed by atoms with Crippen molar-refractivity contribution in [3.8, 4) is 11.5 Å². The molecule has 0 atom stereocenters. The smallest absolute Gasteiger partial charge is 0.244 e. The Balaban J connectivity index is 0.00000272. The maximum Gasteiger partial charge on any atom is 0.244 e. The standard InChI is InChI=1S/C23H28N4O3.HI/c1-2-24-23(25-11-9-17-7-8-20-21(13-17)30-16-29-20)26-14-22(28)27-12-10-18-5-3-4-6-19(18)15-27;/h3-8,13H,2,9-12,14-16H2,1H3,(H2,24,25,26);1H. The van der Waals surface area contributed by atoms with E-state index >= 15 is 0 Å². The maximum absolute atomic E-state index is 12.7. The zero-order valence-electron chi connectivity index (χ0n) is 17.7. The Labute approximate surface area is 200 Å². The van der Waals surface area contributed by atoms with Crippen molar-refractivity contribution in [1.82, 2.24) is 15.5 Å². The summed E-state index contributed by atoms with van der Waals surface area (Å²) in [6.07, 6.45) is 1.72. The van der Waals surface area contributed by atoms with Gasteiger partial charge in [0.15, 0.2) is 17.5 Å². The lowest BCUT2D eigenvalue weighted by atomic mass is 10.00. The third kappa shape index (κ3) is 6.03. The average Bonchev–Trinajstić information content (AvgIpc) is 3.25. The molecule has 0 spiro atoms.